The normalized spacial score (nSPS) is 12.5. The summed E-state index contributed by atoms with van der Waals surface area (Å²) in [4.78, 5) is 9.34. The Labute approximate surface area is 90.5 Å². The lowest BCUT2D eigenvalue weighted by Crippen LogP contribution is -1.96. The van der Waals surface area contributed by atoms with Gasteiger partial charge in [0.2, 0.25) is 0 Å². The zero-order valence-electron chi connectivity index (χ0n) is 8.59. The summed E-state index contributed by atoms with van der Waals surface area (Å²) < 4.78 is 10.1. The maximum Gasteiger partial charge on any atom is 0.394 e. The molecule has 2 N–H and O–H groups in total. The van der Waals surface area contributed by atoms with Crippen LogP contribution in [-0.4, -0.2) is 23.2 Å². The Bertz CT molecular complexity index is 275. The summed E-state index contributed by atoms with van der Waals surface area (Å²) in [5.41, 5.74) is 1.13. The van der Waals surface area contributed by atoms with E-state index in [-0.39, 0.29) is 6.61 Å². The van der Waals surface area contributed by atoms with Gasteiger partial charge >= 0.3 is 8.60 Å². The Morgan fingerprint density at radius 2 is 1.93 bits per heavy atom. The van der Waals surface area contributed by atoms with Crippen LogP contribution >= 0.6 is 8.60 Å². The quantitative estimate of drug-likeness (QED) is 0.579. The fraction of sp³-hybridized carbons (Fsp3) is 0.400. The van der Waals surface area contributed by atoms with Crippen molar-refractivity contribution >= 4 is 8.60 Å². The topological polar surface area (TPSA) is 58.9 Å². The van der Waals surface area contributed by atoms with Crippen LogP contribution in [0.2, 0.25) is 0 Å². The zero-order valence-corrected chi connectivity index (χ0v) is 9.48. The first-order valence-corrected chi connectivity index (χ1v) is 5.83. The molecular weight excluding hydrogens is 215 g/mol. The minimum absolute atomic E-state index is 0.0493. The lowest BCUT2D eigenvalue weighted by atomic mass is 10.2. The third-order valence-electron chi connectivity index (χ3n) is 1.71. The van der Waals surface area contributed by atoms with Crippen molar-refractivity contribution in [3.05, 3.63) is 29.8 Å². The van der Waals surface area contributed by atoms with Gasteiger partial charge in [0.05, 0.1) is 6.61 Å². The van der Waals surface area contributed by atoms with Gasteiger partial charge in [-0.15, -0.1) is 0 Å². The molecule has 0 bridgehead atoms. The molecule has 4 nitrogen and oxygen atoms in total. The Morgan fingerprint density at radius 1 is 1.27 bits per heavy atom. The Hall–Kier alpha value is -0.670. The summed E-state index contributed by atoms with van der Waals surface area (Å²) in [5, 5.41) is 8.50. The van der Waals surface area contributed by atoms with Crippen molar-refractivity contribution in [1.29, 1.82) is 0 Å². The highest BCUT2D eigenvalue weighted by atomic mass is 31.2. The summed E-state index contributed by atoms with van der Waals surface area (Å²) in [7, 11) is -1.89. The first-order valence-electron chi connectivity index (χ1n) is 4.70. The van der Waals surface area contributed by atoms with Gasteiger partial charge in [-0.2, -0.15) is 0 Å². The van der Waals surface area contributed by atoms with E-state index in [9.17, 15) is 4.89 Å². The Morgan fingerprint density at radius 3 is 2.53 bits per heavy atom. The minimum atomic E-state index is -1.89. The Kier molecular flexibility index (Phi) is 5.58. The van der Waals surface area contributed by atoms with Gasteiger partial charge in [-0.25, -0.2) is 0 Å². The monoisotopic (exact) mass is 230 g/mol. The van der Waals surface area contributed by atoms with Crippen molar-refractivity contribution in [3.8, 4) is 5.75 Å². The van der Waals surface area contributed by atoms with Crippen molar-refractivity contribution in [1.82, 2.24) is 0 Å². The van der Waals surface area contributed by atoms with Gasteiger partial charge in [0, 0.05) is 6.61 Å². The molecule has 0 aliphatic heterocycles. The number of aliphatic hydroxyl groups excluding tert-OH is 1. The number of rotatable bonds is 6. The van der Waals surface area contributed by atoms with Gasteiger partial charge in [0.1, 0.15) is 5.75 Å². The van der Waals surface area contributed by atoms with E-state index in [0.717, 1.165) is 5.56 Å². The zero-order chi connectivity index (χ0) is 11.1. The molecule has 0 saturated carbocycles. The molecule has 1 unspecified atom stereocenters. The van der Waals surface area contributed by atoms with Crippen molar-refractivity contribution in [2.24, 2.45) is 0 Å². The van der Waals surface area contributed by atoms with E-state index in [2.05, 4.69) is 0 Å². The first kappa shape index (κ1) is 12.4. The molecule has 0 saturated heterocycles. The molecule has 5 heteroatoms. The highest BCUT2D eigenvalue weighted by Crippen LogP contribution is 2.34. The summed E-state index contributed by atoms with van der Waals surface area (Å²) in [5.74, 6) is 0.582. The van der Waals surface area contributed by atoms with Crippen LogP contribution in [0, 0.1) is 6.92 Å². The predicted octanol–water partition coefficient (Wildman–Crippen LogP) is 1.99. The van der Waals surface area contributed by atoms with E-state index in [0.29, 0.717) is 18.8 Å². The van der Waals surface area contributed by atoms with Crippen molar-refractivity contribution in [2.75, 3.05) is 13.2 Å². The lowest BCUT2D eigenvalue weighted by molar-refractivity contribution is 0.214. The smallest absolute Gasteiger partial charge is 0.394 e. The second-order valence-corrected chi connectivity index (χ2v) is 3.97. The third kappa shape index (κ3) is 5.09. The van der Waals surface area contributed by atoms with Crippen molar-refractivity contribution in [2.45, 2.75) is 13.3 Å². The molecule has 1 rings (SSSR count). The van der Waals surface area contributed by atoms with Crippen LogP contribution in [-0.2, 0) is 4.52 Å². The second kappa shape index (κ2) is 6.75. The average Bonchev–Trinajstić information content (AvgIpc) is 2.22. The summed E-state index contributed by atoms with van der Waals surface area (Å²) in [6.07, 6.45) is 0.497. The average molecular weight is 230 g/mol. The molecule has 15 heavy (non-hydrogen) atoms. The number of benzene rings is 1. The van der Waals surface area contributed by atoms with E-state index in [1.807, 2.05) is 19.1 Å². The molecule has 1 atom stereocenters. The van der Waals surface area contributed by atoms with Crippen LogP contribution in [0.25, 0.3) is 0 Å². The molecule has 0 amide bonds. The molecule has 0 aliphatic carbocycles. The van der Waals surface area contributed by atoms with E-state index in [1.165, 1.54) is 0 Å². The van der Waals surface area contributed by atoms with Gasteiger partial charge in [0.25, 0.3) is 0 Å². The lowest BCUT2D eigenvalue weighted by Gasteiger charge is -2.11. The minimum Gasteiger partial charge on any atom is -0.427 e. The van der Waals surface area contributed by atoms with E-state index in [4.69, 9.17) is 14.2 Å². The van der Waals surface area contributed by atoms with E-state index >= 15 is 0 Å². The van der Waals surface area contributed by atoms with Crippen LogP contribution in [0.15, 0.2) is 24.3 Å². The SMILES string of the molecule is Cc1ccc(OP(O)OCCCO)cc1. The number of aryl methyl sites for hydroxylation is 1. The maximum absolute atomic E-state index is 9.34. The molecule has 0 aliphatic rings. The van der Waals surface area contributed by atoms with Gasteiger partial charge in [-0.1, -0.05) is 17.7 Å². The summed E-state index contributed by atoms with van der Waals surface area (Å²) >= 11 is 0. The molecule has 0 aromatic heterocycles. The second-order valence-electron chi connectivity index (χ2n) is 3.05. The fourth-order valence-electron chi connectivity index (χ4n) is 0.923. The highest BCUT2D eigenvalue weighted by Gasteiger charge is 2.07. The third-order valence-corrected chi connectivity index (χ3v) is 2.48. The standard InChI is InChI=1S/C10H15O4P/c1-9-3-5-10(6-4-9)14-15(12)13-8-2-7-11/h3-6,11-12H,2,7-8H2,1H3. The van der Waals surface area contributed by atoms with Crippen LogP contribution < -0.4 is 4.52 Å². The largest absolute Gasteiger partial charge is 0.427 e. The summed E-state index contributed by atoms with van der Waals surface area (Å²) in [6.45, 7) is 2.32. The molecular formula is C10H15O4P. The Balaban J connectivity index is 2.31. The molecule has 84 valence electrons. The molecule has 0 spiro atoms. The van der Waals surface area contributed by atoms with Crippen molar-refractivity contribution in [3.63, 3.8) is 0 Å². The predicted molar refractivity (Wildman–Crippen MR) is 58.6 cm³/mol. The van der Waals surface area contributed by atoms with Crippen LogP contribution in [0.1, 0.15) is 12.0 Å². The number of hydrogen-bond acceptors (Lipinski definition) is 4. The van der Waals surface area contributed by atoms with E-state index in [1.54, 1.807) is 12.1 Å². The summed E-state index contributed by atoms with van der Waals surface area (Å²) in [6, 6.07) is 7.34. The first-order chi connectivity index (χ1) is 7.22. The molecule has 0 heterocycles. The number of aliphatic hydroxyl groups is 1. The van der Waals surface area contributed by atoms with Crippen LogP contribution in [0.3, 0.4) is 0 Å². The van der Waals surface area contributed by atoms with Crippen molar-refractivity contribution < 1.29 is 19.0 Å². The van der Waals surface area contributed by atoms with Gasteiger partial charge < -0.3 is 19.0 Å². The van der Waals surface area contributed by atoms with Crippen LogP contribution in [0.4, 0.5) is 0 Å². The molecule has 1 aromatic carbocycles. The maximum atomic E-state index is 9.34. The number of hydrogen-bond donors (Lipinski definition) is 2. The molecule has 1 aromatic rings. The van der Waals surface area contributed by atoms with Gasteiger partial charge in [-0.05, 0) is 25.5 Å². The molecule has 0 radical (unpaired) electrons. The van der Waals surface area contributed by atoms with Gasteiger partial charge in [0.15, 0.2) is 0 Å². The molecule has 0 fully saturated rings. The van der Waals surface area contributed by atoms with E-state index < -0.39 is 8.60 Å². The highest BCUT2D eigenvalue weighted by molar-refractivity contribution is 7.41. The fourth-order valence-corrected chi connectivity index (χ4v) is 1.56. The van der Waals surface area contributed by atoms with Crippen LogP contribution in [0.5, 0.6) is 5.75 Å². The van der Waals surface area contributed by atoms with Gasteiger partial charge in [-0.3, -0.25) is 0 Å².